The molecule has 4 rings (SSSR count). The molecule has 0 bridgehead atoms. The number of ether oxygens (including phenoxy) is 1. The number of pyridine rings is 3. The van der Waals surface area contributed by atoms with Gasteiger partial charge in [-0.25, -0.2) is 4.98 Å². The van der Waals surface area contributed by atoms with Crippen molar-refractivity contribution in [3.05, 3.63) is 75.6 Å². The Hall–Kier alpha value is -3.41. The van der Waals surface area contributed by atoms with Crippen molar-refractivity contribution < 1.29 is 4.74 Å². The van der Waals surface area contributed by atoms with Gasteiger partial charge in [0.1, 0.15) is 5.75 Å². The van der Waals surface area contributed by atoms with Gasteiger partial charge in [0, 0.05) is 24.5 Å². The third-order valence-corrected chi connectivity index (χ3v) is 4.66. The summed E-state index contributed by atoms with van der Waals surface area (Å²) in [5.74, 6) is 0.663. The van der Waals surface area contributed by atoms with Crippen molar-refractivity contribution in [2.75, 3.05) is 7.11 Å². The second-order valence-corrected chi connectivity index (χ2v) is 6.67. The maximum Gasteiger partial charge on any atom is 0.264 e. The Labute approximate surface area is 155 Å². The number of benzene rings is 1. The Bertz CT molecular complexity index is 1290. The molecule has 27 heavy (non-hydrogen) atoms. The highest BCUT2D eigenvalue weighted by Crippen LogP contribution is 2.18. The van der Waals surface area contributed by atoms with Gasteiger partial charge in [-0.1, -0.05) is 6.07 Å². The van der Waals surface area contributed by atoms with E-state index in [1.54, 1.807) is 42.3 Å². The third-order valence-electron chi connectivity index (χ3n) is 4.66. The van der Waals surface area contributed by atoms with Gasteiger partial charge in [0.2, 0.25) is 0 Å². The van der Waals surface area contributed by atoms with E-state index in [0.29, 0.717) is 33.2 Å². The fourth-order valence-electron chi connectivity index (χ4n) is 3.21. The molecule has 0 spiro atoms. The normalized spacial score (nSPS) is 11.4. The van der Waals surface area contributed by atoms with E-state index in [1.807, 2.05) is 38.1 Å². The molecular weight excluding hydrogens is 342 g/mol. The first-order valence-corrected chi connectivity index (χ1v) is 8.71. The smallest absolute Gasteiger partial charge is 0.264 e. The molecule has 3 aromatic heterocycles. The maximum absolute atomic E-state index is 13.1. The lowest BCUT2D eigenvalue weighted by Gasteiger charge is -2.12. The van der Waals surface area contributed by atoms with Gasteiger partial charge in [0.05, 0.1) is 34.6 Å². The molecule has 0 fully saturated rings. The van der Waals surface area contributed by atoms with E-state index >= 15 is 0 Å². The second kappa shape index (κ2) is 6.39. The monoisotopic (exact) mass is 361 g/mol. The second-order valence-electron chi connectivity index (χ2n) is 6.67. The number of hydrogen-bond acceptors (Lipinski definition) is 4. The SMILES string of the molecule is COc1cccc(-n2ccc3nc4ccn(C(C)C)c(=O)c4cc3c2=O)c1. The van der Waals surface area contributed by atoms with E-state index in [-0.39, 0.29) is 17.2 Å². The Kier molecular flexibility index (Phi) is 4.03. The van der Waals surface area contributed by atoms with Gasteiger partial charge >= 0.3 is 0 Å². The van der Waals surface area contributed by atoms with Crippen LogP contribution in [0.3, 0.4) is 0 Å². The Morgan fingerprint density at radius 2 is 1.63 bits per heavy atom. The predicted molar refractivity (Wildman–Crippen MR) is 106 cm³/mol. The number of fused-ring (bicyclic) bond motifs is 2. The molecule has 4 aromatic rings. The summed E-state index contributed by atoms with van der Waals surface area (Å²) in [6, 6.07) is 12.5. The minimum Gasteiger partial charge on any atom is -0.497 e. The van der Waals surface area contributed by atoms with Gasteiger partial charge < -0.3 is 9.30 Å². The first-order chi connectivity index (χ1) is 13.0. The topological polar surface area (TPSA) is 66.1 Å². The number of methoxy groups -OCH3 is 1. The molecule has 0 aliphatic heterocycles. The zero-order valence-corrected chi connectivity index (χ0v) is 15.3. The van der Waals surface area contributed by atoms with Crippen molar-refractivity contribution in [2.45, 2.75) is 19.9 Å². The van der Waals surface area contributed by atoms with Crippen LogP contribution in [0.5, 0.6) is 5.75 Å². The average molecular weight is 361 g/mol. The van der Waals surface area contributed by atoms with Crippen LogP contribution in [0.4, 0.5) is 0 Å². The van der Waals surface area contributed by atoms with Crippen LogP contribution in [0.15, 0.2) is 64.4 Å². The number of hydrogen-bond donors (Lipinski definition) is 0. The van der Waals surface area contributed by atoms with E-state index in [0.717, 1.165) is 0 Å². The molecule has 0 saturated heterocycles. The Morgan fingerprint density at radius 1 is 0.926 bits per heavy atom. The lowest BCUT2D eigenvalue weighted by molar-refractivity contribution is 0.414. The first kappa shape index (κ1) is 17.0. The Balaban J connectivity index is 2.01. The van der Waals surface area contributed by atoms with Crippen molar-refractivity contribution in [3.63, 3.8) is 0 Å². The van der Waals surface area contributed by atoms with Crippen LogP contribution < -0.4 is 15.9 Å². The van der Waals surface area contributed by atoms with Crippen LogP contribution in [0.1, 0.15) is 19.9 Å². The quantitative estimate of drug-likeness (QED) is 0.525. The maximum atomic E-state index is 13.1. The standard InChI is InChI=1S/C21H19N3O3/c1-13(2)23-9-7-18-16(20(23)25)12-17-19(22-18)8-10-24(21(17)26)14-5-4-6-15(11-14)27-3/h4-13H,1-3H3. The molecule has 0 unspecified atom stereocenters. The molecule has 0 saturated carbocycles. The molecule has 3 heterocycles. The molecule has 6 heteroatoms. The average Bonchev–Trinajstić information content (AvgIpc) is 2.67. The van der Waals surface area contributed by atoms with Crippen LogP contribution in [-0.2, 0) is 0 Å². The summed E-state index contributed by atoms with van der Waals surface area (Å²) in [5, 5.41) is 0.852. The molecule has 6 nitrogen and oxygen atoms in total. The molecule has 0 amide bonds. The summed E-state index contributed by atoms with van der Waals surface area (Å²) in [4.78, 5) is 30.4. The molecular formula is C21H19N3O3. The van der Waals surface area contributed by atoms with Crippen LogP contribution in [0.2, 0.25) is 0 Å². The first-order valence-electron chi connectivity index (χ1n) is 8.71. The predicted octanol–water partition coefficient (Wildman–Crippen LogP) is 3.29. The van der Waals surface area contributed by atoms with Crippen molar-refractivity contribution in [2.24, 2.45) is 0 Å². The lowest BCUT2D eigenvalue weighted by atomic mass is 10.1. The van der Waals surface area contributed by atoms with E-state index in [1.165, 1.54) is 4.57 Å². The number of nitrogens with zero attached hydrogens (tertiary/aromatic N) is 3. The van der Waals surface area contributed by atoms with Crippen LogP contribution >= 0.6 is 0 Å². The van der Waals surface area contributed by atoms with Crippen molar-refractivity contribution >= 4 is 21.8 Å². The van der Waals surface area contributed by atoms with Gasteiger partial charge in [0.25, 0.3) is 11.1 Å². The molecule has 0 radical (unpaired) electrons. The highest BCUT2D eigenvalue weighted by molar-refractivity contribution is 5.91. The molecule has 0 aliphatic carbocycles. The van der Waals surface area contributed by atoms with Gasteiger partial charge in [-0.2, -0.15) is 0 Å². The van der Waals surface area contributed by atoms with Gasteiger partial charge in [0.15, 0.2) is 0 Å². The zero-order valence-electron chi connectivity index (χ0n) is 15.3. The molecule has 0 atom stereocenters. The summed E-state index contributed by atoms with van der Waals surface area (Å²) in [6.07, 6.45) is 3.43. The molecule has 1 aromatic carbocycles. The Morgan fingerprint density at radius 3 is 2.33 bits per heavy atom. The highest BCUT2D eigenvalue weighted by Gasteiger charge is 2.12. The van der Waals surface area contributed by atoms with Crippen LogP contribution in [-0.4, -0.2) is 21.2 Å². The lowest BCUT2D eigenvalue weighted by Crippen LogP contribution is -2.22. The van der Waals surface area contributed by atoms with Crippen LogP contribution in [0, 0.1) is 0 Å². The van der Waals surface area contributed by atoms with Crippen molar-refractivity contribution in [1.82, 2.24) is 14.1 Å². The minimum absolute atomic E-state index is 0.0295. The fraction of sp³-hybridized carbons (Fsp3) is 0.190. The zero-order chi connectivity index (χ0) is 19.1. The molecule has 136 valence electrons. The van der Waals surface area contributed by atoms with Gasteiger partial charge in [-0.05, 0) is 44.2 Å². The van der Waals surface area contributed by atoms with Gasteiger partial charge in [-0.15, -0.1) is 0 Å². The third kappa shape index (κ3) is 2.79. The fourth-order valence-corrected chi connectivity index (χ4v) is 3.21. The van der Waals surface area contributed by atoms with Crippen molar-refractivity contribution in [3.8, 4) is 11.4 Å². The summed E-state index contributed by atoms with van der Waals surface area (Å²) in [6.45, 7) is 3.88. The highest BCUT2D eigenvalue weighted by atomic mass is 16.5. The van der Waals surface area contributed by atoms with E-state index in [2.05, 4.69) is 4.98 Å². The van der Waals surface area contributed by atoms with E-state index in [4.69, 9.17) is 4.74 Å². The summed E-state index contributed by atoms with van der Waals surface area (Å²) in [7, 11) is 1.58. The van der Waals surface area contributed by atoms with Crippen LogP contribution in [0.25, 0.3) is 27.5 Å². The number of rotatable bonds is 3. The van der Waals surface area contributed by atoms with E-state index in [9.17, 15) is 9.59 Å². The van der Waals surface area contributed by atoms with Gasteiger partial charge in [-0.3, -0.25) is 14.2 Å². The van der Waals surface area contributed by atoms with Crippen molar-refractivity contribution in [1.29, 1.82) is 0 Å². The summed E-state index contributed by atoms with van der Waals surface area (Å²) >= 11 is 0. The summed E-state index contributed by atoms with van der Waals surface area (Å²) in [5.41, 5.74) is 1.47. The molecule has 0 N–H and O–H groups in total. The number of aromatic nitrogens is 3. The summed E-state index contributed by atoms with van der Waals surface area (Å²) < 4.78 is 8.41. The van der Waals surface area contributed by atoms with E-state index < -0.39 is 0 Å². The minimum atomic E-state index is -0.227. The molecule has 0 aliphatic rings. The largest absolute Gasteiger partial charge is 0.497 e.